The molecule has 2 atom stereocenters. The number of rotatable bonds is 5. The minimum atomic E-state index is -0.445. The van der Waals surface area contributed by atoms with Crippen molar-refractivity contribution in [1.82, 2.24) is 9.47 Å². The molecule has 0 aliphatic carbocycles. The second kappa shape index (κ2) is 6.38. The number of likely N-dealkylation sites (tertiary alicyclic amines) is 1. The minimum absolute atomic E-state index is 0.171. The largest absolute Gasteiger partial charge is 0.376 e. The lowest BCUT2D eigenvalue weighted by Crippen LogP contribution is -2.36. The number of aromatic nitrogens is 1. The van der Waals surface area contributed by atoms with E-state index in [1.54, 1.807) is 0 Å². The number of hydrogen-bond donors (Lipinski definition) is 3. The average molecular weight is 302 g/mol. The first-order valence-corrected chi connectivity index (χ1v) is 8.09. The van der Waals surface area contributed by atoms with Crippen molar-refractivity contribution < 1.29 is 5.11 Å². The molecule has 5 heteroatoms. The van der Waals surface area contributed by atoms with E-state index in [1.807, 2.05) is 12.1 Å². The van der Waals surface area contributed by atoms with Crippen LogP contribution >= 0.6 is 0 Å². The molecule has 22 heavy (non-hydrogen) atoms. The minimum Gasteiger partial charge on any atom is -0.376 e. The van der Waals surface area contributed by atoms with E-state index in [2.05, 4.69) is 28.5 Å². The molecule has 2 unspecified atom stereocenters. The second-order valence-electron chi connectivity index (χ2n) is 6.19. The second-order valence-corrected chi connectivity index (χ2v) is 6.19. The summed E-state index contributed by atoms with van der Waals surface area (Å²) in [4.78, 5) is 2.15. The van der Waals surface area contributed by atoms with E-state index >= 15 is 0 Å². The summed E-state index contributed by atoms with van der Waals surface area (Å²) in [5.41, 5.74) is 15.3. The van der Waals surface area contributed by atoms with Gasteiger partial charge in [0.2, 0.25) is 0 Å². The molecule has 3 rings (SSSR count). The highest BCUT2D eigenvalue weighted by atomic mass is 16.3. The third kappa shape index (κ3) is 2.65. The monoisotopic (exact) mass is 302 g/mol. The molecule has 5 N–H and O–H groups in total. The summed E-state index contributed by atoms with van der Waals surface area (Å²) >= 11 is 0. The molecule has 0 amide bonds. The molecular formula is C17H26N4O. The molecule has 1 aliphatic heterocycles. The zero-order valence-electron chi connectivity index (χ0n) is 13.2. The number of nitrogens with zero attached hydrogens (tertiary/aromatic N) is 2. The van der Waals surface area contributed by atoms with Crippen molar-refractivity contribution in [2.45, 2.75) is 38.6 Å². The van der Waals surface area contributed by atoms with Crippen LogP contribution < -0.4 is 11.5 Å². The van der Waals surface area contributed by atoms with Gasteiger partial charge in [-0.05, 0) is 31.4 Å². The normalized spacial score (nSPS) is 18.9. The zero-order valence-corrected chi connectivity index (χ0v) is 13.2. The molecule has 1 fully saturated rings. The number of nitrogens with two attached hydrogens (primary N) is 2. The quantitative estimate of drug-likeness (QED) is 0.778. The number of fused-ring (bicyclic) bond motifs is 1. The molecule has 0 spiro atoms. The lowest BCUT2D eigenvalue weighted by Gasteiger charge is -2.24. The van der Waals surface area contributed by atoms with Gasteiger partial charge < -0.3 is 21.1 Å². The molecule has 0 radical (unpaired) electrons. The Morgan fingerprint density at radius 1 is 1.23 bits per heavy atom. The standard InChI is InChI=1S/C17H26N4O/c1-12-17(14(19)10-18)13-6-2-3-7-15(13)21(12)11-16(22)20-8-4-5-9-20/h2-3,6-7,14,16,22H,4-5,8-11,18-19H2,1H3. The van der Waals surface area contributed by atoms with E-state index in [0.29, 0.717) is 13.1 Å². The van der Waals surface area contributed by atoms with Crippen LogP contribution in [0.15, 0.2) is 24.3 Å². The van der Waals surface area contributed by atoms with Gasteiger partial charge in [-0.15, -0.1) is 0 Å². The van der Waals surface area contributed by atoms with Crippen LogP contribution in [0, 0.1) is 6.92 Å². The molecule has 1 aromatic carbocycles. The van der Waals surface area contributed by atoms with Crippen molar-refractivity contribution in [3.63, 3.8) is 0 Å². The van der Waals surface area contributed by atoms with Crippen molar-refractivity contribution in [2.24, 2.45) is 11.5 Å². The molecular weight excluding hydrogens is 276 g/mol. The Hall–Kier alpha value is -1.40. The van der Waals surface area contributed by atoms with E-state index < -0.39 is 6.23 Å². The van der Waals surface area contributed by atoms with Crippen molar-refractivity contribution >= 4 is 10.9 Å². The average Bonchev–Trinajstić information content (AvgIpc) is 3.15. The highest BCUT2D eigenvalue weighted by Gasteiger charge is 2.23. The van der Waals surface area contributed by atoms with Crippen LogP contribution in [0.2, 0.25) is 0 Å². The number of aliphatic hydroxyl groups is 1. The highest BCUT2D eigenvalue weighted by molar-refractivity contribution is 5.86. The highest BCUT2D eigenvalue weighted by Crippen LogP contribution is 2.30. The third-order valence-corrected chi connectivity index (χ3v) is 4.81. The topological polar surface area (TPSA) is 80.4 Å². The maximum absolute atomic E-state index is 10.5. The zero-order chi connectivity index (χ0) is 15.7. The smallest absolute Gasteiger partial charge is 0.125 e. The first-order valence-electron chi connectivity index (χ1n) is 8.09. The van der Waals surface area contributed by atoms with Crippen LogP contribution in [-0.2, 0) is 6.54 Å². The summed E-state index contributed by atoms with van der Waals surface area (Å²) in [7, 11) is 0. The van der Waals surface area contributed by atoms with Crippen LogP contribution in [-0.4, -0.2) is 40.4 Å². The summed E-state index contributed by atoms with van der Waals surface area (Å²) in [6, 6.07) is 8.06. The van der Waals surface area contributed by atoms with Gasteiger partial charge in [0.1, 0.15) is 6.23 Å². The van der Waals surface area contributed by atoms with Crippen molar-refractivity contribution in [3.8, 4) is 0 Å². The lowest BCUT2D eigenvalue weighted by atomic mass is 10.0. The molecule has 2 heterocycles. The van der Waals surface area contributed by atoms with Crippen LogP contribution in [0.3, 0.4) is 0 Å². The van der Waals surface area contributed by atoms with Gasteiger partial charge in [0, 0.05) is 42.3 Å². The lowest BCUT2D eigenvalue weighted by molar-refractivity contribution is 0.00774. The van der Waals surface area contributed by atoms with Crippen molar-refractivity contribution in [2.75, 3.05) is 19.6 Å². The Morgan fingerprint density at radius 3 is 2.59 bits per heavy atom. The molecule has 1 aromatic heterocycles. The Morgan fingerprint density at radius 2 is 1.91 bits per heavy atom. The number of hydrogen-bond acceptors (Lipinski definition) is 4. The molecule has 1 aliphatic rings. The Labute approximate surface area is 131 Å². The van der Waals surface area contributed by atoms with E-state index in [-0.39, 0.29) is 6.04 Å². The van der Waals surface area contributed by atoms with Crippen LogP contribution in [0.1, 0.15) is 30.1 Å². The van der Waals surface area contributed by atoms with Gasteiger partial charge >= 0.3 is 0 Å². The summed E-state index contributed by atoms with van der Waals surface area (Å²) in [6.07, 6.45) is 1.90. The predicted molar refractivity (Wildman–Crippen MR) is 89.5 cm³/mol. The first-order chi connectivity index (χ1) is 10.6. The molecule has 5 nitrogen and oxygen atoms in total. The van der Waals surface area contributed by atoms with E-state index in [0.717, 1.165) is 35.2 Å². The maximum Gasteiger partial charge on any atom is 0.125 e. The van der Waals surface area contributed by atoms with E-state index in [4.69, 9.17) is 11.5 Å². The summed E-state index contributed by atoms with van der Waals surface area (Å²) in [5, 5.41) is 11.7. The SMILES string of the molecule is Cc1c(C(N)CN)c2ccccc2n1CC(O)N1CCCC1. The molecule has 120 valence electrons. The van der Waals surface area contributed by atoms with Crippen LogP contribution in [0.4, 0.5) is 0 Å². The predicted octanol–water partition coefficient (Wildman–Crippen LogP) is 1.32. The first kappa shape index (κ1) is 15.5. The molecule has 0 saturated carbocycles. The van der Waals surface area contributed by atoms with Gasteiger partial charge in [0.05, 0.1) is 6.54 Å². The van der Waals surface area contributed by atoms with Gasteiger partial charge in [-0.25, -0.2) is 0 Å². The molecule has 2 aromatic rings. The Balaban J connectivity index is 1.99. The fourth-order valence-corrected chi connectivity index (χ4v) is 3.60. The molecule has 0 bridgehead atoms. The summed E-state index contributed by atoms with van der Waals surface area (Å²) in [6.45, 7) is 5.03. The van der Waals surface area contributed by atoms with E-state index in [1.165, 1.54) is 12.8 Å². The molecule has 1 saturated heterocycles. The van der Waals surface area contributed by atoms with Gasteiger partial charge in [0.15, 0.2) is 0 Å². The van der Waals surface area contributed by atoms with Gasteiger partial charge in [-0.1, -0.05) is 18.2 Å². The van der Waals surface area contributed by atoms with Crippen molar-refractivity contribution in [1.29, 1.82) is 0 Å². The van der Waals surface area contributed by atoms with Gasteiger partial charge in [0.25, 0.3) is 0 Å². The fraction of sp³-hybridized carbons (Fsp3) is 0.529. The Bertz CT molecular complexity index is 645. The van der Waals surface area contributed by atoms with E-state index in [9.17, 15) is 5.11 Å². The number of para-hydroxylation sites is 1. The van der Waals surface area contributed by atoms with Crippen molar-refractivity contribution in [3.05, 3.63) is 35.5 Å². The van der Waals surface area contributed by atoms with Crippen LogP contribution in [0.5, 0.6) is 0 Å². The maximum atomic E-state index is 10.5. The van der Waals surface area contributed by atoms with Crippen LogP contribution in [0.25, 0.3) is 10.9 Å². The van der Waals surface area contributed by atoms with Gasteiger partial charge in [-0.3, -0.25) is 4.90 Å². The van der Waals surface area contributed by atoms with Gasteiger partial charge in [-0.2, -0.15) is 0 Å². The summed E-state index contributed by atoms with van der Waals surface area (Å²) in [5.74, 6) is 0. The fourth-order valence-electron chi connectivity index (χ4n) is 3.60. The Kier molecular flexibility index (Phi) is 4.49. The number of benzene rings is 1. The third-order valence-electron chi connectivity index (χ3n) is 4.81. The summed E-state index contributed by atoms with van der Waals surface area (Å²) < 4.78 is 2.18. The number of aliphatic hydroxyl groups excluding tert-OH is 1.